The number of nitrogens with zero attached hydrogens (tertiary/aromatic N) is 3. The van der Waals surface area contributed by atoms with Crippen LogP contribution in [0.25, 0.3) is 0 Å². The monoisotopic (exact) mass is 337 g/mol. The Labute approximate surface area is 134 Å². The second-order valence-corrected chi connectivity index (χ2v) is 5.61. The topological polar surface area (TPSA) is 112 Å². The standard InChI is InChI=1S/C14H15N3O5S/c1-17(16-15-13-8-4-2-5-9-13)12-23(20,21)22-14(19)10-6-3-7-11-18/h2,4-5,8-9,14,18-19H,11-12H2,1H3. The van der Waals surface area contributed by atoms with Gasteiger partial charge in [0.05, 0.1) is 5.69 Å². The molecule has 0 radical (unpaired) electrons. The van der Waals surface area contributed by atoms with Crippen LogP contribution in [0.15, 0.2) is 40.7 Å². The minimum Gasteiger partial charge on any atom is -0.384 e. The molecule has 8 nitrogen and oxygen atoms in total. The van der Waals surface area contributed by atoms with E-state index in [4.69, 9.17) is 5.11 Å². The van der Waals surface area contributed by atoms with Gasteiger partial charge < -0.3 is 10.2 Å². The number of aliphatic hydroxyl groups is 2. The van der Waals surface area contributed by atoms with Crippen LogP contribution >= 0.6 is 0 Å². The van der Waals surface area contributed by atoms with Crippen molar-refractivity contribution in [3.8, 4) is 23.7 Å². The fourth-order valence-electron chi connectivity index (χ4n) is 1.25. The molecule has 0 amide bonds. The number of aliphatic hydroxyl groups excluding tert-OH is 2. The summed E-state index contributed by atoms with van der Waals surface area (Å²) >= 11 is 0. The minimum absolute atomic E-state index is 0.388. The maximum Gasteiger partial charge on any atom is 0.290 e. The third kappa shape index (κ3) is 8.56. The molecule has 0 heterocycles. The molecule has 1 aromatic rings. The third-order valence-electron chi connectivity index (χ3n) is 2.08. The van der Waals surface area contributed by atoms with E-state index < -0.39 is 22.3 Å². The number of hydrogen-bond donors (Lipinski definition) is 2. The molecule has 23 heavy (non-hydrogen) atoms. The Morgan fingerprint density at radius 3 is 2.65 bits per heavy atom. The highest BCUT2D eigenvalue weighted by Gasteiger charge is 2.18. The summed E-state index contributed by atoms with van der Waals surface area (Å²) in [7, 11) is -2.72. The number of benzene rings is 1. The van der Waals surface area contributed by atoms with Crippen LogP contribution < -0.4 is 0 Å². The van der Waals surface area contributed by atoms with Gasteiger partial charge in [0.1, 0.15) is 6.61 Å². The van der Waals surface area contributed by atoms with Crippen LogP contribution in [0.1, 0.15) is 0 Å². The van der Waals surface area contributed by atoms with Crippen molar-refractivity contribution in [3.05, 3.63) is 30.3 Å². The molecule has 1 unspecified atom stereocenters. The first kappa shape index (κ1) is 18.6. The first-order chi connectivity index (χ1) is 10.9. The lowest BCUT2D eigenvalue weighted by Crippen LogP contribution is -2.26. The zero-order valence-corrected chi connectivity index (χ0v) is 13.1. The van der Waals surface area contributed by atoms with Gasteiger partial charge in [0.25, 0.3) is 10.1 Å². The first-order valence-electron chi connectivity index (χ1n) is 6.29. The summed E-state index contributed by atoms with van der Waals surface area (Å²) in [4.78, 5) is 0. The second kappa shape index (κ2) is 9.56. The van der Waals surface area contributed by atoms with Crippen LogP contribution in [-0.2, 0) is 14.3 Å². The highest BCUT2D eigenvalue weighted by Crippen LogP contribution is 2.11. The van der Waals surface area contributed by atoms with Crippen molar-refractivity contribution in [2.75, 3.05) is 19.5 Å². The summed E-state index contributed by atoms with van der Waals surface area (Å²) in [5.74, 6) is 7.98. The molecule has 0 aliphatic rings. The summed E-state index contributed by atoms with van der Waals surface area (Å²) in [6.07, 6.45) is -1.85. The van der Waals surface area contributed by atoms with Gasteiger partial charge in [0.2, 0.25) is 6.29 Å². The fourth-order valence-corrected chi connectivity index (χ4v) is 2.15. The lowest BCUT2D eigenvalue weighted by Gasteiger charge is -2.12. The summed E-state index contributed by atoms with van der Waals surface area (Å²) in [5, 5.41) is 26.3. The molecule has 0 spiro atoms. The van der Waals surface area contributed by atoms with Crippen LogP contribution in [0.4, 0.5) is 5.69 Å². The van der Waals surface area contributed by atoms with Crippen LogP contribution in [0, 0.1) is 23.7 Å². The van der Waals surface area contributed by atoms with E-state index in [2.05, 4.69) is 38.2 Å². The van der Waals surface area contributed by atoms with Crippen LogP contribution in [-0.4, -0.2) is 49.5 Å². The van der Waals surface area contributed by atoms with Crippen molar-refractivity contribution in [2.45, 2.75) is 6.29 Å². The lowest BCUT2D eigenvalue weighted by atomic mass is 10.3. The maximum absolute atomic E-state index is 11.7. The van der Waals surface area contributed by atoms with E-state index in [-0.39, 0.29) is 6.61 Å². The van der Waals surface area contributed by atoms with Gasteiger partial charge in [0.15, 0.2) is 5.88 Å². The molecule has 1 rings (SSSR count). The molecule has 2 N–H and O–H groups in total. The zero-order valence-electron chi connectivity index (χ0n) is 12.2. The molecule has 1 atom stereocenters. The number of hydrogen-bond acceptors (Lipinski definition) is 7. The predicted molar refractivity (Wildman–Crippen MR) is 82.2 cm³/mol. The summed E-state index contributed by atoms with van der Waals surface area (Å²) in [6.45, 7) is -0.388. The van der Waals surface area contributed by atoms with Crippen molar-refractivity contribution < 1.29 is 22.8 Å². The van der Waals surface area contributed by atoms with Crippen LogP contribution in [0.2, 0.25) is 0 Å². The largest absolute Gasteiger partial charge is 0.384 e. The van der Waals surface area contributed by atoms with Gasteiger partial charge in [-0.2, -0.15) is 8.42 Å². The van der Waals surface area contributed by atoms with Crippen LogP contribution in [0.5, 0.6) is 0 Å². The molecule has 0 aliphatic carbocycles. The molecule has 9 heteroatoms. The molecule has 0 bridgehead atoms. The lowest BCUT2D eigenvalue weighted by molar-refractivity contribution is 0.0377. The highest BCUT2D eigenvalue weighted by atomic mass is 32.2. The molecule has 0 aromatic heterocycles. The smallest absolute Gasteiger partial charge is 0.290 e. The molecule has 0 fully saturated rings. The predicted octanol–water partition coefficient (Wildman–Crippen LogP) is 0.239. The van der Waals surface area contributed by atoms with Gasteiger partial charge in [-0.05, 0) is 29.9 Å². The molecule has 0 saturated carbocycles. The molecule has 1 aromatic carbocycles. The van der Waals surface area contributed by atoms with Gasteiger partial charge in [-0.25, -0.2) is 4.18 Å². The van der Waals surface area contributed by atoms with Crippen molar-refractivity contribution in [2.24, 2.45) is 10.3 Å². The van der Waals surface area contributed by atoms with Gasteiger partial charge in [-0.15, -0.1) is 5.11 Å². The zero-order chi connectivity index (χ0) is 17.1. The van der Waals surface area contributed by atoms with E-state index >= 15 is 0 Å². The maximum atomic E-state index is 11.7. The summed E-state index contributed by atoms with van der Waals surface area (Å²) in [5.41, 5.74) is 0.561. The normalized spacial score (nSPS) is 12.0. The minimum atomic E-state index is -4.11. The van der Waals surface area contributed by atoms with Gasteiger partial charge in [-0.3, -0.25) is 5.01 Å². The van der Waals surface area contributed by atoms with E-state index in [0.717, 1.165) is 5.01 Å². The molecule has 0 saturated heterocycles. The Balaban J connectivity index is 2.56. The van der Waals surface area contributed by atoms with Crippen molar-refractivity contribution in [1.82, 2.24) is 5.01 Å². The van der Waals surface area contributed by atoms with E-state index in [1.165, 1.54) is 7.05 Å². The second-order valence-electron chi connectivity index (χ2n) is 4.05. The molecular weight excluding hydrogens is 322 g/mol. The van der Waals surface area contributed by atoms with E-state index in [0.29, 0.717) is 5.69 Å². The van der Waals surface area contributed by atoms with Crippen molar-refractivity contribution in [1.29, 1.82) is 0 Å². The Morgan fingerprint density at radius 2 is 2.00 bits per heavy atom. The quantitative estimate of drug-likeness (QED) is 0.253. The average molecular weight is 337 g/mol. The third-order valence-corrected chi connectivity index (χ3v) is 3.24. The van der Waals surface area contributed by atoms with Gasteiger partial charge in [0, 0.05) is 7.05 Å². The van der Waals surface area contributed by atoms with E-state index in [1.807, 2.05) is 6.07 Å². The highest BCUT2D eigenvalue weighted by molar-refractivity contribution is 7.86. The Morgan fingerprint density at radius 1 is 1.30 bits per heavy atom. The molecule has 0 aliphatic heterocycles. The summed E-state index contributed by atoms with van der Waals surface area (Å²) in [6, 6.07) is 8.75. The SMILES string of the molecule is CN(CS(=O)(=O)OC(O)C#CC#CCO)N=Nc1ccccc1. The first-order valence-corrected chi connectivity index (χ1v) is 7.87. The number of rotatable bonds is 6. The average Bonchev–Trinajstić information content (AvgIpc) is 2.49. The van der Waals surface area contributed by atoms with Crippen LogP contribution in [0.3, 0.4) is 0 Å². The Hall–Kier alpha value is -2.43. The molecular formula is C14H15N3O5S. The van der Waals surface area contributed by atoms with Crippen molar-refractivity contribution >= 4 is 15.8 Å². The van der Waals surface area contributed by atoms with E-state index in [9.17, 15) is 13.5 Å². The fraction of sp³-hybridized carbons (Fsp3) is 0.286. The van der Waals surface area contributed by atoms with E-state index in [1.54, 1.807) is 24.3 Å². The summed E-state index contributed by atoms with van der Waals surface area (Å²) < 4.78 is 27.8. The Kier molecular flexibility index (Phi) is 7.74. The Bertz CT molecular complexity index is 741. The van der Waals surface area contributed by atoms with Gasteiger partial charge in [-0.1, -0.05) is 29.3 Å². The van der Waals surface area contributed by atoms with Gasteiger partial charge >= 0.3 is 0 Å². The molecule has 122 valence electrons. The van der Waals surface area contributed by atoms with Crippen molar-refractivity contribution in [3.63, 3.8) is 0 Å².